The Kier molecular flexibility index (Phi) is 2.56. The molecule has 1 aliphatic carbocycles. The lowest BCUT2D eigenvalue weighted by atomic mass is 10.1. The Morgan fingerprint density at radius 3 is 2.73 bits per heavy atom. The summed E-state index contributed by atoms with van der Waals surface area (Å²) in [4.78, 5) is 35.6. The van der Waals surface area contributed by atoms with Crippen molar-refractivity contribution in [2.45, 2.75) is 25.8 Å². The van der Waals surface area contributed by atoms with E-state index in [2.05, 4.69) is 5.32 Å². The maximum atomic E-state index is 11.5. The topological polar surface area (TPSA) is 66.5 Å². The first kappa shape index (κ1) is 10.3. The highest BCUT2D eigenvalue weighted by Crippen LogP contribution is 2.30. The number of hydrogen-bond acceptors (Lipinski definition) is 4. The average molecular weight is 210 g/mol. The molecular formula is C10H14N2O3. The maximum absolute atomic E-state index is 11.5. The second-order valence-corrected chi connectivity index (χ2v) is 4.23. The van der Waals surface area contributed by atoms with Crippen molar-refractivity contribution in [3.8, 4) is 0 Å². The lowest BCUT2D eigenvalue weighted by molar-refractivity contribution is -0.140. The van der Waals surface area contributed by atoms with Gasteiger partial charge in [0.2, 0.25) is 11.8 Å². The molecule has 2 aliphatic rings. The zero-order valence-corrected chi connectivity index (χ0v) is 8.66. The van der Waals surface area contributed by atoms with Crippen LogP contribution in [-0.2, 0) is 14.4 Å². The van der Waals surface area contributed by atoms with Gasteiger partial charge in [-0.25, -0.2) is 0 Å². The van der Waals surface area contributed by atoms with E-state index >= 15 is 0 Å². The van der Waals surface area contributed by atoms with Gasteiger partial charge in [-0.05, 0) is 19.8 Å². The van der Waals surface area contributed by atoms with Gasteiger partial charge in [0.25, 0.3) is 0 Å². The first-order valence-corrected chi connectivity index (χ1v) is 5.18. The Balaban J connectivity index is 1.96. The van der Waals surface area contributed by atoms with Gasteiger partial charge >= 0.3 is 0 Å². The normalized spacial score (nSPS) is 27.7. The number of amides is 2. The van der Waals surface area contributed by atoms with Crippen LogP contribution in [0.5, 0.6) is 0 Å². The predicted molar refractivity (Wildman–Crippen MR) is 51.9 cm³/mol. The second-order valence-electron chi connectivity index (χ2n) is 4.23. The molecule has 0 aromatic carbocycles. The molecule has 0 spiro atoms. The van der Waals surface area contributed by atoms with Crippen molar-refractivity contribution < 1.29 is 14.4 Å². The Labute approximate surface area is 87.8 Å². The quantitative estimate of drug-likeness (QED) is 0.626. The highest BCUT2D eigenvalue weighted by Gasteiger charge is 2.35. The van der Waals surface area contributed by atoms with Crippen LogP contribution < -0.4 is 5.32 Å². The van der Waals surface area contributed by atoms with Gasteiger partial charge in [-0.3, -0.25) is 24.6 Å². The molecule has 1 heterocycles. The third kappa shape index (κ3) is 2.23. The van der Waals surface area contributed by atoms with Gasteiger partial charge in [0.1, 0.15) is 5.78 Å². The van der Waals surface area contributed by atoms with E-state index in [0.717, 1.165) is 12.8 Å². The zero-order valence-electron chi connectivity index (χ0n) is 8.66. The summed E-state index contributed by atoms with van der Waals surface area (Å²) in [5, 5.41) is 2.25. The monoisotopic (exact) mass is 210 g/mol. The summed E-state index contributed by atoms with van der Waals surface area (Å²) in [5.74, 6) is -0.293. The largest absolute Gasteiger partial charge is 0.298 e. The summed E-state index contributed by atoms with van der Waals surface area (Å²) in [7, 11) is 0. The standard InChI is InChI=1S/C10H14N2O3/c1-6-10(15)11-9(14)5-12(6)4-8(13)7-2-3-7/h6-7H,2-5H2,1H3,(H,11,14,15). The minimum Gasteiger partial charge on any atom is -0.298 e. The fourth-order valence-corrected chi connectivity index (χ4v) is 1.70. The molecule has 1 unspecified atom stereocenters. The molecule has 2 amide bonds. The number of carbonyl (C=O) groups is 3. The number of Topliss-reactive ketones (excluding diaryl/α,β-unsaturated/α-hetero) is 1. The van der Waals surface area contributed by atoms with Gasteiger partial charge < -0.3 is 0 Å². The van der Waals surface area contributed by atoms with Gasteiger partial charge in [-0.1, -0.05) is 0 Å². The number of rotatable bonds is 3. The molecule has 0 aromatic rings. The van der Waals surface area contributed by atoms with Gasteiger partial charge in [0.05, 0.1) is 19.1 Å². The van der Waals surface area contributed by atoms with Crippen molar-refractivity contribution in [3.05, 3.63) is 0 Å². The molecule has 1 saturated heterocycles. The van der Waals surface area contributed by atoms with Crippen molar-refractivity contribution in [1.82, 2.24) is 10.2 Å². The number of ketones is 1. The summed E-state index contributed by atoms with van der Waals surface area (Å²) in [6, 6.07) is -0.384. The second kappa shape index (κ2) is 3.73. The number of piperazine rings is 1. The Bertz CT molecular complexity index is 323. The highest BCUT2D eigenvalue weighted by atomic mass is 16.2. The van der Waals surface area contributed by atoms with Crippen LogP contribution in [0.3, 0.4) is 0 Å². The Morgan fingerprint density at radius 2 is 2.13 bits per heavy atom. The number of imide groups is 1. The van der Waals surface area contributed by atoms with Crippen LogP contribution in [-0.4, -0.2) is 41.6 Å². The molecule has 0 bridgehead atoms. The van der Waals surface area contributed by atoms with Gasteiger partial charge in [0.15, 0.2) is 0 Å². The zero-order chi connectivity index (χ0) is 11.0. The van der Waals surface area contributed by atoms with E-state index in [-0.39, 0.29) is 42.6 Å². The summed E-state index contributed by atoms with van der Waals surface area (Å²) in [6.45, 7) is 2.08. The van der Waals surface area contributed by atoms with Crippen LogP contribution in [0.1, 0.15) is 19.8 Å². The number of nitrogens with one attached hydrogen (secondary N) is 1. The van der Waals surface area contributed by atoms with Crippen LogP contribution in [0.15, 0.2) is 0 Å². The number of carbonyl (C=O) groups excluding carboxylic acids is 3. The van der Waals surface area contributed by atoms with Crippen LogP contribution in [0.25, 0.3) is 0 Å². The van der Waals surface area contributed by atoms with E-state index < -0.39 is 0 Å². The molecule has 1 atom stereocenters. The summed E-state index contributed by atoms with van der Waals surface area (Å²) < 4.78 is 0. The first-order chi connectivity index (χ1) is 7.08. The highest BCUT2D eigenvalue weighted by molar-refractivity contribution is 6.01. The Hall–Kier alpha value is -1.23. The SMILES string of the molecule is CC1C(=O)NC(=O)CN1CC(=O)C1CC1. The van der Waals surface area contributed by atoms with Gasteiger partial charge in [0, 0.05) is 5.92 Å². The van der Waals surface area contributed by atoms with Crippen molar-refractivity contribution in [1.29, 1.82) is 0 Å². The lowest BCUT2D eigenvalue weighted by Gasteiger charge is -2.30. The Morgan fingerprint density at radius 1 is 1.47 bits per heavy atom. The minimum atomic E-state index is -0.384. The van der Waals surface area contributed by atoms with E-state index in [9.17, 15) is 14.4 Å². The summed E-state index contributed by atoms with van der Waals surface area (Å²) in [6.07, 6.45) is 1.92. The molecule has 2 rings (SSSR count). The number of hydrogen-bond donors (Lipinski definition) is 1. The third-order valence-corrected chi connectivity index (χ3v) is 2.93. The molecule has 1 N–H and O–H groups in total. The van der Waals surface area contributed by atoms with Crippen LogP contribution in [0, 0.1) is 5.92 Å². The van der Waals surface area contributed by atoms with E-state index in [1.165, 1.54) is 0 Å². The van der Waals surface area contributed by atoms with Crippen LogP contribution in [0.2, 0.25) is 0 Å². The van der Waals surface area contributed by atoms with Crippen molar-refractivity contribution >= 4 is 17.6 Å². The molecule has 5 nitrogen and oxygen atoms in total. The van der Waals surface area contributed by atoms with Crippen molar-refractivity contribution in [2.24, 2.45) is 5.92 Å². The van der Waals surface area contributed by atoms with Gasteiger partial charge in [-0.15, -0.1) is 0 Å². The molecule has 1 saturated carbocycles. The van der Waals surface area contributed by atoms with E-state index in [1.807, 2.05) is 0 Å². The predicted octanol–water partition coefficient (Wildman–Crippen LogP) is -0.688. The molecule has 5 heteroatoms. The smallest absolute Gasteiger partial charge is 0.243 e. The number of nitrogens with zero attached hydrogens (tertiary/aromatic N) is 1. The fraction of sp³-hybridized carbons (Fsp3) is 0.700. The molecular weight excluding hydrogens is 196 g/mol. The van der Waals surface area contributed by atoms with Crippen LogP contribution >= 0.6 is 0 Å². The van der Waals surface area contributed by atoms with Crippen molar-refractivity contribution in [2.75, 3.05) is 13.1 Å². The third-order valence-electron chi connectivity index (χ3n) is 2.93. The maximum Gasteiger partial charge on any atom is 0.243 e. The van der Waals surface area contributed by atoms with E-state index in [0.29, 0.717) is 0 Å². The molecule has 2 fully saturated rings. The first-order valence-electron chi connectivity index (χ1n) is 5.18. The van der Waals surface area contributed by atoms with E-state index in [4.69, 9.17) is 0 Å². The fourth-order valence-electron chi connectivity index (χ4n) is 1.70. The molecule has 82 valence electrons. The molecule has 0 aromatic heterocycles. The van der Waals surface area contributed by atoms with Crippen molar-refractivity contribution in [3.63, 3.8) is 0 Å². The summed E-state index contributed by atoms with van der Waals surface area (Å²) >= 11 is 0. The minimum absolute atomic E-state index is 0.144. The van der Waals surface area contributed by atoms with Crippen LogP contribution in [0.4, 0.5) is 0 Å². The molecule has 15 heavy (non-hydrogen) atoms. The molecule has 1 aliphatic heterocycles. The summed E-state index contributed by atoms with van der Waals surface area (Å²) in [5.41, 5.74) is 0. The molecule has 0 radical (unpaired) electrons. The van der Waals surface area contributed by atoms with E-state index in [1.54, 1.807) is 11.8 Å². The lowest BCUT2D eigenvalue weighted by Crippen LogP contribution is -2.57. The van der Waals surface area contributed by atoms with Gasteiger partial charge in [-0.2, -0.15) is 0 Å². The average Bonchev–Trinajstić information content (AvgIpc) is 2.96.